The van der Waals surface area contributed by atoms with Crippen LogP contribution in [0, 0.1) is 0 Å². The predicted octanol–water partition coefficient (Wildman–Crippen LogP) is 2.41. The lowest BCUT2D eigenvalue weighted by atomic mass is 9.96. The normalized spacial score (nSPS) is 16.5. The number of anilines is 1. The monoisotopic (exact) mass is 233 g/mol. The van der Waals surface area contributed by atoms with Gasteiger partial charge in [0.1, 0.15) is 0 Å². The van der Waals surface area contributed by atoms with Crippen LogP contribution < -0.4 is 16.2 Å². The van der Waals surface area contributed by atoms with Crippen LogP contribution in [0.2, 0.25) is 0 Å². The molecule has 1 aliphatic rings. The Bertz CT molecular complexity index is 360. The van der Waals surface area contributed by atoms with Crippen LogP contribution in [0.4, 0.5) is 10.5 Å². The number of hydrogen-bond acceptors (Lipinski definition) is 2. The van der Waals surface area contributed by atoms with Gasteiger partial charge in [0, 0.05) is 6.04 Å². The zero-order valence-corrected chi connectivity index (χ0v) is 9.93. The standard InChI is InChI=1S/C13H19N3O/c14-16(12-9-5-2-6-10-12)13(17)15-11-7-3-1-4-8-11/h2,5-6,9-11H,1,3-4,7-8,14H2,(H,15,17). The Hall–Kier alpha value is -1.55. The van der Waals surface area contributed by atoms with E-state index in [0.29, 0.717) is 5.69 Å². The van der Waals surface area contributed by atoms with E-state index < -0.39 is 0 Å². The van der Waals surface area contributed by atoms with Crippen LogP contribution in [0.1, 0.15) is 32.1 Å². The van der Waals surface area contributed by atoms with Gasteiger partial charge in [-0.2, -0.15) is 0 Å². The lowest BCUT2D eigenvalue weighted by molar-refractivity contribution is 0.238. The number of carbonyl (C=O) groups is 1. The van der Waals surface area contributed by atoms with Crippen molar-refractivity contribution in [2.24, 2.45) is 5.84 Å². The van der Waals surface area contributed by atoms with Crippen LogP contribution in [0.5, 0.6) is 0 Å². The summed E-state index contributed by atoms with van der Waals surface area (Å²) in [7, 11) is 0. The van der Waals surface area contributed by atoms with Crippen LogP contribution >= 0.6 is 0 Å². The van der Waals surface area contributed by atoms with Crippen molar-refractivity contribution in [3.8, 4) is 0 Å². The summed E-state index contributed by atoms with van der Waals surface area (Å²) in [6.07, 6.45) is 5.79. The molecule has 0 radical (unpaired) electrons. The number of para-hydroxylation sites is 1. The molecule has 0 aliphatic heterocycles. The molecule has 4 nitrogen and oxygen atoms in total. The molecule has 1 aliphatic carbocycles. The number of urea groups is 1. The molecule has 4 heteroatoms. The average Bonchev–Trinajstić information content (AvgIpc) is 2.40. The second kappa shape index (κ2) is 5.68. The van der Waals surface area contributed by atoms with Crippen molar-refractivity contribution in [3.63, 3.8) is 0 Å². The molecule has 1 saturated carbocycles. The molecule has 92 valence electrons. The van der Waals surface area contributed by atoms with Crippen molar-refractivity contribution < 1.29 is 4.79 Å². The number of rotatable bonds is 2. The molecule has 2 amide bonds. The third-order valence-electron chi connectivity index (χ3n) is 3.19. The van der Waals surface area contributed by atoms with E-state index >= 15 is 0 Å². The highest BCUT2D eigenvalue weighted by atomic mass is 16.2. The maximum atomic E-state index is 11.9. The molecule has 0 spiro atoms. The van der Waals surface area contributed by atoms with E-state index in [0.717, 1.165) is 12.8 Å². The fourth-order valence-electron chi connectivity index (χ4n) is 2.20. The summed E-state index contributed by atoms with van der Waals surface area (Å²) in [6.45, 7) is 0. The highest BCUT2D eigenvalue weighted by Gasteiger charge is 2.18. The zero-order chi connectivity index (χ0) is 12.1. The molecule has 1 fully saturated rings. The van der Waals surface area contributed by atoms with Crippen molar-refractivity contribution in [3.05, 3.63) is 30.3 Å². The molecular weight excluding hydrogens is 214 g/mol. The van der Waals surface area contributed by atoms with Gasteiger partial charge in [-0.05, 0) is 25.0 Å². The van der Waals surface area contributed by atoms with Crippen molar-refractivity contribution in [1.82, 2.24) is 5.32 Å². The first-order valence-electron chi connectivity index (χ1n) is 6.18. The van der Waals surface area contributed by atoms with Crippen molar-refractivity contribution in [2.45, 2.75) is 38.1 Å². The second-order valence-electron chi connectivity index (χ2n) is 4.49. The first-order valence-corrected chi connectivity index (χ1v) is 6.18. The summed E-state index contributed by atoms with van der Waals surface area (Å²) in [5.74, 6) is 5.78. The average molecular weight is 233 g/mol. The number of benzene rings is 1. The van der Waals surface area contributed by atoms with Crippen molar-refractivity contribution >= 4 is 11.7 Å². The molecular formula is C13H19N3O. The van der Waals surface area contributed by atoms with Crippen LogP contribution in [0.3, 0.4) is 0 Å². The lowest BCUT2D eigenvalue weighted by Crippen LogP contribution is -2.49. The summed E-state index contributed by atoms with van der Waals surface area (Å²) in [6, 6.07) is 9.33. The Morgan fingerprint density at radius 1 is 1.18 bits per heavy atom. The number of nitrogens with two attached hydrogens (primary N) is 1. The van der Waals surface area contributed by atoms with Gasteiger partial charge >= 0.3 is 6.03 Å². The first kappa shape index (κ1) is 11.9. The molecule has 0 bridgehead atoms. The van der Waals surface area contributed by atoms with Crippen LogP contribution in [0.15, 0.2) is 30.3 Å². The Labute approximate surface area is 102 Å². The molecule has 1 aromatic rings. The van der Waals surface area contributed by atoms with E-state index in [-0.39, 0.29) is 12.1 Å². The van der Waals surface area contributed by atoms with E-state index in [1.54, 1.807) is 0 Å². The van der Waals surface area contributed by atoms with Gasteiger partial charge in [-0.25, -0.2) is 15.6 Å². The van der Waals surface area contributed by atoms with Gasteiger partial charge in [0.15, 0.2) is 0 Å². The SMILES string of the molecule is NN(C(=O)NC1CCCCC1)c1ccccc1. The predicted molar refractivity (Wildman–Crippen MR) is 68.5 cm³/mol. The maximum Gasteiger partial charge on any atom is 0.336 e. The minimum Gasteiger partial charge on any atom is -0.334 e. The summed E-state index contributed by atoms with van der Waals surface area (Å²) >= 11 is 0. The van der Waals surface area contributed by atoms with Crippen LogP contribution in [0.25, 0.3) is 0 Å². The second-order valence-corrected chi connectivity index (χ2v) is 4.49. The number of amides is 2. The Balaban J connectivity index is 1.91. The van der Waals surface area contributed by atoms with Gasteiger partial charge in [-0.15, -0.1) is 0 Å². The minimum atomic E-state index is -0.219. The zero-order valence-electron chi connectivity index (χ0n) is 9.93. The Morgan fingerprint density at radius 2 is 1.82 bits per heavy atom. The van der Waals surface area contributed by atoms with Gasteiger partial charge in [-0.3, -0.25) is 0 Å². The molecule has 3 N–H and O–H groups in total. The summed E-state index contributed by atoms with van der Waals surface area (Å²) in [5, 5.41) is 4.15. The molecule has 1 aromatic carbocycles. The molecule has 17 heavy (non-hydrogen) atoms. The molecule has 2 rings (SSSR count). The third kappa shape index (κ3) is 3.20. The summed E-state index contributed by atoms with van der Waals surface area (Å²) in [4.78, 5) is 11.9. The molecule has 0 aromatic heterocycles. The number of hydrazine groups is 1. The topological polar surface area (TPSA) is 58.4 Å². The molecule has 0 atom stereocenters. The van der Waals surface area contributed by atoms with E-state index in [1.807, 2.05) is 30.3 Å². The number of hydrogen-bond donors (Lipinski definition) is 2. The molecule has 0 heterocycles. The van der Waals surface area contributed by atoms with Crippen molar-refractivity contribution in [2.75, 3.05) is 5.01 Å². The van der Waals surface area contributed by atoms with Crippen LogP contribution in [-0.2, 0) is 0 Å². The van der Waals surface area contributed by atoms with Gasteiger partial charge in [0.25, 0.3) is 0 Å². The van der Waals surface area contributed by atoms with E-state index in [2.05, 4.69) is 5.32 Å². The largest absolute Gasteiger partial charge is 0.336 e. The van der Waals surface area contributed by atoms with Crippen molar-refractivity contribution in [1.29, 1.82) is 0 Å². The quantitative estimate of drug-likeness (QED) is 0.468. The minimum absolute atomic E-state index is 0.219. The third-order valence-corrected chi connectivity index (χ3v) is 3.19. The lowest BCUT2D eigenvalue weighted by Gasteiger charge is -2.25. The number of carbonyl (C=O) groups excluding carboxylic acids is 1. The Kier molecular flexibility index (Phi) is 3.98. The molecule has 0 unspecified atom stereocenters. The van der Waals surface area contributed by atoms with Gasteiger partial charge in [-0.1, -0.05) is 37.5 Å². The number of nitrogens with one attached hydrogen (secondary N) is 1. The highest BCUT2D eigenvalue weighted by molar-refractivity contribution is 5.90. The van der Waals surface area contributed by atoms with E-state index in [1.165, 1.54) is 24.3 Å². The molecule has 0 saturated heterocycles. The maximum absolute atomic E-state index is 11.9. The smallest absolute Gasteiger partial charge is 0.334 e. The summed E-state index contributed by atoms with van der Waals surface area (Å²) in [5.41, 5.74) is 0.709. The Morgan fingerprint density at radius 3 is 2.47 bits per heavy atom. The number of nitrogens with zero attached hydrogens (tertiary/aromatic N) is 1. The van der Waals surface area contributed by atoms with Gasteiger partial charge in [0.05, 0.1) is 5.69 Å². The fourth-order valence-corrected chi connectivity index (χ4v) is 2.20. The van der Waals surface area contributed by atoms with E-state index in [9.17, 15) is 4.79 Å². The van der Waals surface area contributed by atoms with Crippen LogP contribution in [-0.4, -0.2) is 12.1 Å². The van der Waals surface area contributed by atoms with Gasteiger partial charge < -0.3 is 5.32 Å². The first-order chi connectivity index (χ1) is 8.27. The van der Waals surface area contributed by atoms with Gasteiger partial charge in [0.2, 0.25) is 0 Å². The summed E-state index contributed by atoms with van der Waals surface area (Å²) < 4.78 is 0. The fraction of sp³-hybridized carbons (Fsp3) is 0.462. The van der Waals surface area contributed by atoms with E-state index in [4.69, 9.17) is 5.84 Å². The highest BCUT2D eigenvalue weighted by Crippen LogP contribution is 2.18.